The molecule has 8 heteroatoms. The van der Waals surface area contributed by atoms with E-state index < -0.39 is 15.9 Å². The van der Waals surface area contributed by atoms with E-state index in [1.165, 1.54) is 16.4 Å². The average molecular weight is 516 g/mol. The van der Waals surface area contributed by atoms with Crippen molar-refractivity contribution in [3.8, 4) is 0 Å². The summed E-state index contributed by atoms with van der Waals surface area (Å²) < 4.78 is 41.4. The predicted molar refractivity (Wildman–Crippen MR) is 142 cm³/mol. The normalized spacial score (nSPS) is 11.9. The highest BCUT2D eigenvalue weighted by Crippen LogP contribution is 2.21. The van der Waals surface area contributed by atoms with Crippen molar-refractivity contribution >= 4 is 21.6 Å². The number of hydrogen-bond donors (Lipinski definition) is 1. The van der Waals surface area contributed by atoms with Crippen molar-refractivity contribution in [2.24, 2.45) is 5.10 Å². The summed E-state index contributed by atoms with van der Waals surface area (Å²) >= 11 is 0. The van der Waals surface area contributed by atoms with E-state index in [0.717, 1.165) is 11.1 Å². The molecule has 0 saturated carbocycles. The van der Waals surface area contributed by atoms with Crippen molar-refractivity contribution in [2.45, 2.75) is 24.9 Å². The van der Waals surface area contributed by atoms with Crippen LogP contribution < -0.4 is 5.43 Å². The van der Waals surface area contributed by atoms with Gasteiger partial charge in [0.1, 0.15) is 5.82 Å². The summed E-state index contributed by atoms with van der Waals surface area (Å²) in [5.74, 6) is -0.759. The zero-order valence-corrected chi connectivity index (χ0v) is 21.0. The maximum atomic E-state index is 13.4. The maximum absolute atomic E-state index is 13.4. The van der Waals surface area contributed by atoms with Gasteiger partial charge in [-0.1, -0.05) is 72.8 Å². The quantitative estimate of drug-likeness (QED) is 0.240. The fourth-order valence-corrected chi connectivity index (χ4v) is 5.11. The van der Waals surface area contributed by atoms with Crippen LogP contribution in [0, 0.1) is 5.82 Å². The Kier molecular flexibility index (Phi) is 8.22. The lowest BCUT2D eigenvalue weighted by atomic mass is 10.1. The number of halogens is 1. The minimum absolute atomic E-state index is 0.135. The summed E-state index contributed by atoms with van der Waals surface area (Å²) in [7, 11) is -3.76. The molecule has 0 aliphatic carbocycles. The Balaban J connectivity index is 1.49. The monoisotopic (exact) mass is 515 g/mol. The first-order chi connectivity index (χ1) is 17.8. The Hall–Kier alpha value is -4.14. The van der Waals surface area contributed by atoms with E-state index in [1.807, 2.05) is 30.3 Å². The minimum atomic E-state index is -3.76. The summed E-state index contributed by atoms with van der Waals surface area (Å²) in [6.07, 6.45) is 0. The van der Waals surface area contributed by atoms with Crippen LogP contribution in [0.4, 0.5) is 4.39 Å². The minimum Gasteiger partial charge on any atom is -0.267 e. The van der Waals surface area contributed by atoms with Crippen LogP contribution in [0.25, 0.3) is 0 Å². The third kappa shape index (κ3) is 6.75. The van der Waals surface area contributed by atoms with Gasteiger partial charge in [0.2, 0.25) is 10.0 Å². The zero-order chi connectivity index (χ0) is 26.3. The van der Waals surface area contributed by atoms with E-state index in [4.69, 9.17) is 0 Å². The smallest absolute Gasteiger partial charge is 0.267 e. The number of carbonyl (C=O) groups excluding carboxylic acids is 1. The number of hydrazone groups is 1. The number of amides is 1. The van der Waals surface area contributed by atoms with Crippen molar-refractivity contribution in [2.75, 3.05) is 0 Å². The van der Waals surface area contributed by atoms with Gasteiger partial charge in [-0.15, -0.1) is 0 Å². The molecular formula is C29H26FN3O3S. The van der Waals surface area contributed by atoms with E-state index in [-0.39, 0.29) is 23.8 Å². The van der Waals surface area contributed by atoms with Crippen molar-refractivity contribution in [1.29, 1.82) is 0 Å². The highest BCUT2D eigenvalue weighted by molar-refractivity contribution is 7.89. The van der Waals surface area contributed by atoms with Crippen LogP contribution in [0.1, 0.15) is 34.0 Å². The van der Waals surface area contributed by atoms with E-state index in [9.17, 15) is 17.6 Å². The molecule has 0 unspecified atom stereocenters. The second-order valence-electron chi connectivity index (χ2n) is 8.41. The average Bonchev–Trinajstić information content (AvgIpc) is 2.93. The number of hydrogen-bond acceptors (Lipinski definition) is 4. The molecule has 4 rings (SSSR count). The van der Waals surface area contributed by atoms with Crippen LogP contribution in [0.15, 0.2) is 119 Å². The van der Waals surface area contributed by atoms with Gasteiger partial charge < -0.3 is 0 Å². The van der Waals surface area contributed by atoms with Crippen molar-refractivity contribution < 1.29 is 17.6 Å². The number of nitrogens with zero attached hydrogens (tertiary/aromatic N) is 2. The SMILES string of the molecule is CC(=NNC(=O)c1ccc(CN(Cc2ccccc2)S(=O)(=O)c2ccccc2)cc1)c1ccc(F)cc1. The van der Waals surface area contributed by atoms with Gasteiger partial charge in [-0.05, 0) is 60.0 Å². The van der Waals surface area contributed by atoms with Crippen molar-refractivity contribution in [3.63, 3.8) is 0 Å². The van der Waals surface area contributed by atoms with Gasteiger partial charge in [0.25, 0.3) is 5.91 Å². The van der Waals surface area contributed by atoms with E-state index in [0.29, 0.717) is 16.8 Å². The third-order valence-corrected chi connectivity index (χ3v) is 7.55. The van der Waals surface area contributed by atoms with Crippen LogP contribution in [0.3, 0.4) is 0 Å². The molecule has 4 aromatic rings. The number of benzene rings is 4. The van der Waals surface area contributed by atoms with Gasteiger partial charge in [0.05, 0.1) is 10.6 Å². The summed E-state index contributed by atoms with van der Waals surface area (Å²) in [6.45, 7) is 2.05. The molecule has 0 spiro atoms. The van der Waals surface area contributed by atoms with Gasteiger partial charge in [-0.2, -0.15) is 9.41 Å². The van der Waals surface area contributed by atoms with E-state index in [1.54, 1.807) is 73.7 Å². The molecule has 0 aliphatic heterocycles. The Bertz CT molecular complexity index is 1470. The molecule has 0 fully saturated rings. The highest BCUT2D eigenvalue weighted by atomic mass is 32.2. The third-order valence-electron chi connectivity index (χ3n) is 5.74. The Morgan fingerprint density at radius 1 is 0.757 bits per heavy atom. The molecule has 0 aromatic heterocycles. The number of sulfonamides is 1. The van der Waals surface area contributed by atoms with E-state index in [2.05, 4.69) is 10.5 Å². The first kappa shape index (κ1) is 25.9. The molecule has 1 N–H and O–H groups in total. The number of nitrogens with one attached hydrogen (secondary N) is 1. The van der Waals surface area contributed by atoms with Crippen LogP contribution in [0.5, 0.6) is 0 Å². The molecule has 0 bridgehead atoms. The summed E-state index contributed by atoms with van der Waals surface area (Å²) in [5, 5.41) is 4.09. The van der Waals surface area contributed by atoms with Gasteiger partial charge in [-0.25, -0.2) is 18.2 Å². The molecule has 0 atom stereocenters. The summed E-state index contributed by atoms with van der Waals surface area (Å²) in [6, 6.07) is 30.2. The predicted octanol–water partition coefficient (Wildman–Crippen LogP) is 5.37. The van der Waals surface area contributed by atoms with Gasteiger partial charge >= 0.3 is 0 Å². The standard InChI is InChI=1S/C29H26FN3O3S/c1-22(25-16-18-27(30)19-17-25)31-32-29(34)26-14-12-24(13-15-26)21-33(20-23-8-4-2-5-9-23)37(35,36)28-10-6-3-7-11-28/h2-19H,20-21H2,1H3,(H,32,34). The Labute approximate surface area is 216 Å². The van der Waals surface area contributed by atoms with E-state index >= 15 is 0 Å². The lowest BCUT2D eigenvalue weighted by molar-refractivity contribution is 0.0954. The zero-order valence-electron chi connectivity index (χ0n) is 20.2. The molecule has 4 aromatic carbocycles. The Morgan fingerprint density at radius 2 is 1.27 bits per heavy atom. The Morgan fingerprint density at radius 3 is 1.86 bits per heavy atom. The molecule has 6 nitrogen and oxygen atoms in total. The summed E-state index contributed by atoms with van der Waals surface area (Å²) in [5.41, 5.74) is 5.70. The molecule has 1 amide bonds. The fourth-order valence-electron chi connectivity index (χ4n) is 3.67. The molecule has 0 aliphatic rings. The fraction of sp³-hybridized carbons (Fsp3) is 0.103. The first-order valence-corrected chi connectivity index (χ1v) is 13.1. The van der Waals surface area contributed by atoms with Crippen LogP contribution in [0.2, 0.25) is 0 Å². The van der Waals surface area contributed by atoms with Crippen LogP contribution in [-0.2, 0) is 23.1 Å². The lowest BCUT2D eigenvalue weighted by Crippen LogP contribution is -2.30. The van der Waals surface area contributed by atoms with Gasteiger partial charge in [-0.3, -0.25) is 4.79 Å². The molecule has 188 valence electrons. The van der Waals surface area contributed by atoms with Crippen molar-refractivity contribution in [1.82, 2.24) is 9.73 Å². The van der Waals surface area contributed by atoms with Gasteiger partial charge in [0.15, 0.2) is 0 Å². The number of rotatable bonds is 9. The van der Waals surface area contributed by atoms with Gasteiger partial charge in [0, 0.05) is 18.7 Å². The topological polar surface area (TPSA) is 78.8 Å². The summed E-state index contributed by atoms with van der Waals surface area (Å²) in [4.78, 5) is 12.8. The second kappa shape index (κ2) is 11.7. The van der Waals surface area contributed by atoms with Crippen LogP contribution >= 0.6 is 0 Å². The molecule has 0 saturated heterocycles. The first-order valence-electron chi connectivity index (χ1n) is 11.6. The van der Waals surface area contributed by atoms with Crippen LogP contribution in [-0.4, -0.2) is 24.3 Å². The molecule has 0 heterocycles. The maximum Gasteiger partial charge on any atom is 0.271 e. The number of carbonyl (C=O) groups is 1. The molecule has 0 radical (unpaired) electrons. The molecular weight excluding hydrogens is 489 g/mol. The molecule has 37 heavy (non-hydrogen) atoms. The second-order valence-corrected chi connectivity index (χ2v) is 10.4. The van der Waals surface area contributed by atoms with Crippen molar-refractivity contribution in [3.05, 3.63) is 137 Å². The largest absolute Gasteiger partial charge is 0.271 e. The highest BCUT2D eigenvalue weighted by Gasteiger charge is 2.25. The lowest BCUT2D eigenvalue weighted by Gasteiger charge is -2.22.